The number of nitrogens with one attached hydrogen (secondary N) is 6. The molecule has 0 aliphatic carbocycles. The minimum absolute atomic E-state index is 0. The average Bonchev–Trinajstić information content (AvgIpc) is 4.04. The number of allylic oxidation sites excluding steroid dienone is 2. The number of methoxy groups -OCH3 is 2. The molecule has 0 aliphatic rings. The summed E-state index contributed by atoms with van der Waals surface area (Å²) in [5.41, 5.74) is 4.46. The Bertz CT molecular complexity index is 2750. The monoisotopic (exact) mass is 895 g/mol. The smallest absolute Gasteiger partial charge is 0.261 e. The zero-order chi connectivity index (χ0) is 48.0. The number of aromatic nitrogens is 7. The van der Waals surface area contributed by atoms with Gasteiger partial charge in [0.2, 0.25) is 0 Å². The van der Waals surface area contributed by atoms with Crippen molar-refractivity contribution in [2.45, 2.75) is 53.6 Å². The number of oxazole rings is 1. The molecule has 4 aromatic heterocycles. The number of hydrogen-bond donors (Lipinski definition) is 6. The molecule has 6 rings (SSSR count). The first kappa shape index (κ1) is 50.1. The van der Waals surface area contributed by atoms with E-state index in [1.807, 2.05) is 40.0 Å². The van der Waals surface area contributed by atoms with Crippen LogP contribution < -0.4 is 21.3 Å². The molecule has 65 heavy (non-hydrogen) atoms. The summed E-state index contributed by atoms with van der Waals surface area (Å²) < 4.78 is 20.3. The second-order valence-corrected chi connectivity index (χ2v) is 14.7. The average molecular weight is 896 g/mol. The van der Waals surface area contributed by atoms with Gasteiger partial charge in [0, 0.05) is 86.1 Å². The van der Waals surface area contributed by atoms with Gasteiger partial charge in [0.1, 0.15) is 16.7 Å². The van der Waals surface area contributed by atoms with Crippen LogP contribution >= 0.6 is 0 Å². The Morgan fingerprint density at radius 3 is 1.69 bits per heavy atom. The number of rotatable bonds is 16. The van der Waals surface area contributed by atoms with Crippen molar-refractivity contribution >= 4 is 68.4 Å². The van der Waals surface area contributed by atoms with E-state index in [0.29, 0.717) is 39.5 Å². The quantitative estimate of drug-likeness (QED) is 0.0320. The number of anilines is 2. The molecule has 0 saturated heterocycles. The molecular weight excluding hydrogens is 835 g/mol. The molecule has 4 amide bonds. The SMILES string of the molecule is CC.COC[C@H](C)NC(=O)/C(=C/C(=N)c1ccc2c(C)nn(C)c2c1)C(=O)Nc1cnn(C)c1.COC[C@H](C)NC(=O)/C(=C/C(=N)c1ccc2oc(C)nc2c1)C(=O)Nc1cnn(C)c1.[HH].[HH]. The lowest BCUT2D eigenvalue weighted by Gasteiger charge is -2.14. The van der Waals surface area contributed by atoms with Gasteiger partial charge in [-0.15, -0.1) is 0 Å². The Morgan fingerprint density at radius 1 is 0.754 bits per heavy atom. The van der Waals surface area contributed by atoms with Crippen LogP contribution in [0.1, 0.15) is 53.3 Å². The van der Waals surface area contributed by atoms with Gasteiger partial charge in [0.05, 0.1) is 59.6 Å². The highest BCUT2D eigenvalue weighted by molar-refractivity contribution is 6.28. The largest absolute Gasteiger partial charge is 0.441 e. The third-order valence-corrected chi connectivity index (χ3v) is 9.22. The van der Waals surface area contributed by atoms with E-state index >= 15 is 0 Å². The Morgan fingerprint density at radius 2 is 1.23 bits per heavy atom. The number of hydrogen-bond acceptors (Lipinski definition) is 13. The normalized spacial score (nSPS) is 12.3. The summed E-state index contributed by atoms with van der Waals surface area (Å²) in [7, 11) is 8.31. The molecule has 2 atom stereocenters. The molecule has 0 spiro atoms. The minimum atomic E-state index is -0.654. The molecule has 20 nitrogen and oxygen atoms in total. The number of nitrogens with zero attached hydrogens (tertiary/aromatic N) is 7. The molecule has 348 valence electrons. The van der Waals surface area contributed by atoms with Crippen LogP contribution in [0.5, 0.6) is 0 Å². The molecular formula is C45H61N13O7. The fourth-order valence-corrected chi connectivity index (χ4v) is 6.29. The Hall–Kier alpha value is -7.58. The summed E-state index contributed by atoms with van der Waals surface area (Å²) in [6.45, 7) is 11.7. The van der Waals surface area contributed by atoms with Crippen molar-refractivity contribution in [3.63, 3.8) is 0 Å². The summed E-state index contributed by atoms with van der Waals surface area (Å²) in [4.78, 5) is 55.7. The molecule has 0 fully saturated rings. The molecule has 0 aliphatic heterocycles. The van der Waals surface area contributed by atoms with Gasteiger partial charge in [-0.1, -0.05) is 26.0 Å². The number of ether oxygens (including phenoxy) is 2. The van der Waals surface area contributed by atoms with Crippen LogP contribution in [0.2, 0.25) is 0 Å². The van der Waals surface area contributed by atoms with Crippen molar-refractivity contribution in [2.24, 2.45) is 21.1 Å². The van der Waals surface area contributed by atoms with Gasteiger partial charge in [-0.25, -0.2) is 4.98 Å². The van der Waals surface area contributed by atoms with E-state index < -0.39 is 23.6 Å². The number of benzene rings is 2. The number of amides is 4. The van der Waals surface area contributed by atoms with E-state index in [-0.39, 0.29) is 50.7 Å². The van der Waals surface area contributed by atoms with Crippen LogP contribution in [-0.4, -0.2) is 109 Å². The summed E-state index contributed by atoms with van der Waals surface area (Å²) in [6.07, 6.45) is 8.66. The Labute approximate surface area is 379 Å². The first-order valence-electron chi connectivity index (χ1n) is 20.6. The molecule has 2 aromatic carbocycles. The Kier molecular flexibility index (Phi) is 17.9. The van der Waals surface area contributed by atoms with Crippen LogP contribution in [0.3, 0.4) is 0 Å². The van der Waals surface area contributed by atoms with Crippen molar-refractivity contribution in [3.8, 4) is 0 Å². The summed E-state index contributed by atoms with van der Waals surface area (Å²) in [6, 6.07) is 9.88. The first-order chi connectivity index (χ1) is 31.0. The van der Waals surface area contributed by atoms with Crippen LogP contribution in [0, 0.1) is 24.7 Å². The lowest BCUT2D eigenvalue weighted by Crippen LogP contribution is -2.39. The van der Waals surface area contributed by atoms with Crippen LogP contribution in [0.15, 0.2) is 88.9 Å². The van der Waals surface area contributed by atoms with Gasteiger partial charge in [-0.05, 0) is 57.2 Å². The van der Waals surface area contributed by atoms with Crippen molar-refractivity contribution in [2.75, 3.05) is 38.1 Å². The van der Waals surface area contributed by atoms with Crippen LogP contribution in [-0.2, 0) is 49.8 Å². The molecule has 0 saturated carbocycles. The van der Waals surface area contributed by atoms with Crippen molar-refractivity contribution in [1.29, 1.82) is 10.8 Å². The molecule has 6 N–H and O–H groups in total. The van der Waals surface area contributed by atoms with Crippen molar-refractivity contribution in [3.05, 3.63) is 107 Å². The first-order valence-corrected chi connectivity index (χ1v) is 20.6. The van der Waals surface area contributed by atoms with Crippen molar-refractivity contribution < 1.29 is 35.9 Å². The van der Waals surface area contributed by atoms with E-state index in [1.54, 1.807) is 76.2 Å². The maximum Gasteiger partial charge on any atom is 0.261 e. The van der Waals surface area contributed by atoms with Gasteiger partial charge in [-0.3, -0.25) is 33.2 Å². The minimum Gasteiger partial charge on any atom is -0.441 e. The van der Waals surface area contributed by atoms with Gasteiger partial charge in [0.25, 0.3) is 23.6 Å². The maximum absolute atomic E-state index is 12.9. The van der Waals surface area contributed by atoms with E-state index in [9.17, 15) is 19.2 Å². The number of carbonyl (C=O) groups is 4. The third-order valence-electron chi connectivity index (χ3n) is 9.22. The molecule has 0 bridgehead atoms. The molecule has 0 radical (unpaired) electrons. The zero-order valence-corrected chi connectivity index (χ0v) is 38.5. The molecule has 6 aromatic rings. The standard InChI is InChI=1S/C22H27N7O3.C21H24N6O4.C2H6.2H2/c1-13(12-32-5)25-21(30)18(22(31)26-16-10-24-28(3)11-16)9-19(23)15-6-7-17-14(2)27-29(4)20(17)8-15;1-12(11-30-4)24-20(28)16(21(29)26-15-9-23-27(3)10-15)8-17(22)14-5-6-19-18(7-14)25-13(2)31-19;1-2;;/h6-11,13,23H,12H2,1-5H3,(H,25,30)(H,26,31);5-10,12,22H,11H2,1-4H3,(H,24,28)(H,26,29);1-2H3;2*1H/b18-9-,23-19?;16-8-,22-17?;;;/t13-;12-;;;/m00.../s1. The topological polar surface area (TPSA) is 262 Å². The lowest BCUT2D eigenvalue weighted by atomic mass is 10.0. The van der Waals surface area contributed by atoms with Gasteiger partial charge in [0.15, 0.2) is 11.5 Å². The zero-order valence-electron chi connectivity index (χ0n) is 38.5. The molecule has 0 unspecified atom stereocenters. The number of aryl methyl sites for hydroxylation is 5. The predicted octanol–water partition coefficient (Wildman–Crippen LogP) is 5.17. The summed E-state index contributed by atoms with van der Waals surface area (Å²) >= 11 is 0. The van der Waals surface area contributed by atoms with E-state index in [2.05, 4.69) is 41.5 Å². The lowest BCUT2D eigenvalue weighted by molar-refractivity contribution is -0.123. The van der Waals surface area contributed by atoms with E-state index in [0.717, 1.165) is 16.6 Å². The fourth-order valence-electron chi connectivity index (χ4n) is 6.29. The van der Waals surface area contributed by atoms with Crippen LogP contribution in [0.4, 0.5) is 11.4 Å². The second-order valence-electron chi connectivity index (χ2n) is 14.7. The van der Waals surface area contributed by atoms with Crippen LogP contribution in [0.25, 0.3) is 22.0 Å². The number of fused-ring (bicyclic) bond motifs is 2. The molecule has 20 heteroatoms. The highest BCUT2D eigenvalue weighted by Gasteiger charge is 2.24. The predicted molar refractivity (Wildman–Crippen MR) is 252 cm³/mol. The van der Waals surface area contributed by atoms with Gasteiger partial charge >= 0.3 is 0 Å². The third kappa shape index (κ3) is 13.7. The van der Waals surface area contributed by atoms with E-state index in [4.69, 9.17) is 24.7 Å². The molecule has 4 heterocycles. The fraction of sp³-hybridized carbons (Fsp3) is 0.333. The van der Waals surface area contributed by atoms with Gasteiger partial charge in [-0.2, -0.15) is 15.3 Å². The Balaban J connectivity index is 0.000000431. The second kappa shape index (κ2) is 23.2. The highest BCUT2D eigenvalue weighted by atomic mass is 16.5. The highest BCUT2D eigenvalue weighted by Crippen LogP contribution is 2.21. The maximum atomic E-state index is 12.9. The number of carbonyl (C=O) groups excluding carboxylic acids is 4. The summed E-state index contributed by atoms with van der Waals surface area (Å²) in [5, 5.41) is 41.1. The van der Waals surface area contributed by atoms with E-state index in [1.165, 1.54) is 48.1 Å². The van der Waals surface area contributed by atoms with Crippen molar-refractivity contribution in [1.82, 2.24) is 45.0 Å². The van der Waals surface area contributed by atoms with Gasteiger partial charge < -0.3 is 46.0 Å². The summed E-state index contributed by atoms with van der Waals surface area (Å²) in [5.74, 6) is -2.00.